The molecule has 0 saturated carbocycles. The van der Waals surface area contributed by atoms with Gasteiger partial charge < -0.3 is 4.90 Å². The zero-order valence-corrected chi connectivity index (χ0v) is 20.8. The molecule has 1 aromatic heterocycles. The molecule has 9 heteroatoms. The van der Waals surface area contributed by atoms with Gasteiger partial charge in [0.2, 0.25) is 5.91 Å². The molecule has 2 heterocycles. The third kappa shape index (κ3) is 4.93. The Kier molecular flexibility index (Phi) is 7.51. The number of fused-ring (bicyclic) bond motifs is 2. The average Bonchev–Trinajstić information content (AvgIpc) is 3.26. The standard InChI is InChI=1S/C24H26N4O3S.ClH/c1-15-12-16(2)21-19(13-15)25-24(32-21)27(11-7-10-26(3)4)20(29)14-28-22(30)17-8-5-6-9-18(17)23(28)31;/h5-6,8-9,12-13H,7,10-11,14H2,1-4H3;1H. The molecule has 0 aliphatic carbocycles. The van der Waals surface area contributed by atoms with E-state index >= 15 is 0 Å². The van der Waals surface area contributed by atoms with Crippen LogP contribution in [0.3, 0.4) is 0 Å². The van der Waals surface area contributed by atoms with Gasteiger partial charge in [0.05, 0.1) is 21.3 Å². The highest BCUT2D eigenvalue weighted by Gasteiger charge is 2.37. The zero-order valence-electron chi connectivity index (χ0n) is 19.1. The van der Waals surface area contributed by atoms with E-state index in [0.717, 1.165) is 39.2 Å². The number of aromatic nitrogens is 1. The Balaban J connectivity index is 0.00000306. The maximum absolute atomic E-state index is 13.4. The number of hydrogen-bond donors (Lipinski definition) is 0. The number of amides is 3. The normalized spacial score (nSPS) is 12.9. The molecule has 1 aliphatic rings. The van der Waals surface area contributed by atoms with E-state index in [1.54, 1.807) is 29.2 Å². The molecule has 7 nitrogen and oxygen atoms in total. The lowest BCUT2D eigenvalue weighted by molar-refractivity contribution is -0.119. The molecule has 2 aromatic carbocycles. The van der Waals surface area contributed by atoms with E-state index in [2.05, 4.69) is 11.0 Å². The van der Waals surface area contributed by atoms with Crippen LogP contribution in [0, 0.1) is 13.8 Å². The Morgan fingerprint density at radius 1 is 1.03 bits per heavy atom. The Hall–Kier alpha value is -2.81. The first-order valence-corrected chi connectivity index (χ1v) is 11.4. The highest BCUT2D eigenvalue weighted by Crippen LogP contribution is 2.32. The van der Waals surface area contributed by atoms with Gasteiger partial charge in [-0.25, -0.2) is 4.98 Å². The van der Waals surface area contributed by atoms with Crippen LogP contribution in [0.1, 0.15) is 38.3 Å². The van der Waals surface area contributed by atoms with E-state index in [4.69, 9.17) is 4.98 Å². The van der Waals surface area contributed by atoms with Crippen molar-refractivity contribution in [2.45, 2.75) is 20.3 Å². The Morgan fingerprint density at radius 3 is 2.27 bits per heavy atom. The van der Waals surface area contributed by atoms with Crippen molar-refractivity contribution < 1.29 is 14.4 Å². The van der Waals surface area contributed by atoms with Crippen LogP contribution in [0.15, 0.2) is 36.4 Å². The van der Waals surface area contributed by atoms with Gasteiger partial charge in [-0.2, -0.15) is 0 Å². The maximum atomic E-state index is 13.4. The Bertz CT molecular complexity index is 1190. The summed E-state index contributed by atoms with van der Waals surface area (Å²) >= 11 is 1.47. The number of anilines is 1. The third-order valence-electron chi connectivity index (χ3n) is 5.50. The molecule has 3 amide bonds. The van der Waals surface area contributed by atoms with Crippen molar-refractivity contribution in [1.82, 2.24) is 14.8 Å². The first-order valence-electron chi connectivity index (χ1n) is 10.5. The summed E-state index contributed by atoms with van der Waals surface area (Å²) in [6.45, 7) is 5.02. The molecule has 0 fully saturated rings. The van der Waals surface area contributed by atoms with Gasteiger partial charge in [0.25, 0.3) is 11.8 Å². The van der Waals surface area contributed by atoms with Gasteiger partial charge in [-0.3, -0.25) is 24.2 Å². The number of rotatable bonds is 7. The van der Waals surface area contributed by atoms with Crippen LogP contribution in [0.5, 0.6) is 0 Å². The number of carbonyl (C=O) groups excluding carboxylic acids is 3. The molecule has 1 aliphatic heterocycles. The van der Waals surface area contributed by atoms with Gasteiger partial charge in [-0.15, -0.1) is 12.4 Å². The van der Waals surface area contributed by atoms with Crippen LogP contribution in [-0.4, -0.2) is 66.2 Å². The van der Waals surface area contributed by atoms with Crippen molar-refractivity contribution in [1.29, 1.82) is 0 Å². The van der Waals surface area contributed by atoms with Crippen molar-refractivity contribution in [3.05, 3.63) is 58.7 Å². The molecule has 0 saturated heterocycles. The van der Waals surface area contributed by atoms with Crippen LogP contribution in [0.25, 0.3) is 10.2 Å². The molecule has 0 bridgehead atoms. The fourth-order valence-corrected chi connectivity index (χ4v) is 5.01. The molecule has 0 spiro atoms. The SMILES string of the molecule is Cc1cc(C)c2sc(N(CCCN(C)C)C(=O)CN3C(=O)c4ccccc4C3=O)nc2c1.Cl. The molecular formula is C24H27ClN4O3S. The fourth-order valence-electron chi connectivity index (χ4n) is 3.96. The van der Waals surface area contributed by atoms with Gasteiger partial charge in [0.15, 0.2) is 5.13 Å². The van der Waals surface area contributed by atoms with Crippen LogP contribution >= 0.6 is 23.7 Å². The van der Waals surface area contributed by atoms with E-state index in [1.807, 2.05) is 34.0 Å². The monoisotopic (exact) mass is 486 g/mol. The number of carbonyl (C=O) groups is 3. The van der Waals surface area contributed by atoms with Crippen LogP contribution in [0.4, 0.5) is 5.13 Å². The number of nitrogens with zero attached hydrogens (tertiary/aromatic N) is 4. The van der Waals surface area contributed by atoms with Crippen molar-refractivity contribution in [3.63, 3.8) is 0 Å². The summed E-state index contributed by atoms with van der Waals surface area (Å²) in [5, 5.41) is 0.592. The molecule has 33 heavy (non-hydrogen) atoms. The summed E-state index contributed by atoms with van der Waals surface area (Å²) in [5.74, 6) is -1.17. The summed E-state index contributed by atoms with van der Waals surface area (Å²) in [6.07, 6.45) is 0.745. The van der Waals surface area contributed by atoms with Crippen molar-refractivity contribution in [3.8, 4) is 0 Å². The van der Waals surface area contributed by atoms with Gasteiger partial charge >= 0.3 is 0 Å². The van der Waals surface area contributed by atoms with Gasteiger partial charge in [-0.1, -0.05) is 29.5 Å². The molecule has 3 aromatic rings. The number of imide groups is 1. The summed E-state index contributed by atoms with van der Waals surface area (Å²) in [7, 11) is 3.96. The first kappa shape index (κ1) is 24.8. The summed E-state index contributed by atoms with van der Waals surface area (Å²) in [4.78, 5) is 48.3. The first-order chi connectivity index (χ1) is 15.3. The molecule has 4 rings (SSSR count). The molecule has 174 valence electrons. The molecule has 0 unspecified atom stereocenters. The molecular weight excluding hydrogens is 460 g/mol. The highest BCUT2D eigenvalue weighted by molar-refractivity contribution is 7.22. The molecule has 0 radical (unpaired) electrons. The molecule has 0 N–H and O–H groups in total. The van der Waals surface area contributed by atoms with Gasteiger partial charge in [0, 0.05) is 6.54 Å². The van der Waals surface area contributed by atoms with Crippen LogP contribution < -0.4 is 4.90 Å². The van der Waals surface area contributed by atoms with Crippen molar-refractivity contribution in [2.24, 2.45) is 0 Å². The lowest BCUT2D eigenvalue weighted by Gasteiger charge is -2.23. The quantitative estimate of drug-likeness (QED) is 0.473. The second-order valence-corrected chi connectivity index (χ2v) is 9.35. The van der Waals surface area contributed by atoms with Crippen molar-refractivity contribution >= 4 is 56.8 Å². The largest absolute Gasteiger partial charge is 0.309 e. The maximum Gasteiger partial charge on any atom is 0.262 e. The fraction of sp³-hybridized carbons (Fsp3) is 0.333. The lowest BCUT2D eigenvalue weighted by Crippen LogP contribution is -2.43. The smallest absolute Gasteiger partial charge is 0.262 e. The van der Waals surface area contributed by atoms with Gasteiger partial charge in [-0.05, 0) is 70.2 Å². The third-order valence-corrected chi connectivity index (χ3v) is 6.73. The van der Waals surface area contributed by atoms with E-state index < -0.39 is 11.8 Å². The number of benzene rings is 2. The van der Waals surface area contributed by atoms with Gasteiger partial charge in [0.1, 0.15) is 6.54 Å². The second-order valence-electron chi connectivity index (χ2n) is 8.37. The summed E-state index contributed by atoms with van der Waals surface area (Å²) in [5.41, 5.74) is 3.77. The minimum absolute atomic E-state index is 0. The summed E-state index contributed by atoms with van der Waals surface area (Å²) < 4.78 is 1.04. The van der Waals surface area contributed by atoms with E-state index in [-0.39, 0.29) is 24.9 Å². The van der Waals surface area contributed by atoms with Crippen LogP contribution in [0.2, 0.25) is 0 Å². The molecule has 0 atom stereocenters. The van der Waals surface area contributed by atoms with E-state index in [0.29, 0.717) is 22.8 Å². The number of hydrogen-bond acceptors (Lipinski definition) is 6. The number of halogens is 1. The highest BCUT2D eigenvalue weighted by atomic mass is 35.5. The second kappa shape index (κ2) is 9.99. The Morgan fingerprint density at radius 2 is 1.67 bits per heavy atom. The van der Waals surface area contributed by atoms with Crippen LogP contribution in [-0.2, 0) is 4.79 Å². The zero-order chi connectivity index (χ0) is 23.0. The predicted octanol–water partition coefficient (Wildman–Crippen LogP) is 3.92. The minimum atomic E-state index is -0.428. The topological polar surface area (TPSA) is 73.8 Å². The Labute approximate surface area is 203 Å². The van der Waals surface area contributed by atoms with E-state index in [9.17, 15) is 14.4 Å². The van der Waals surface area contributed by atoms with Crippen molar-refractivity contribution in [2.75, 3.05) is 38.6 Å². The predicted molar refractivity (Wildman–Crippen MR) is 134 cm³/mol. The number of aryl methyl sites for hydroxylation is 2. The lowest BCUT2D eigenvalue weighted by atomic mass is 10.1. The number of thiazole rings is 1. The van der Waals surface area contributed by atoms with E-state index in [1.165, 1.54) is 11.3 Å². The summed E-state index contributed by atoms with van der Waals surface area (Å²) in [6, 6.07) is 10.8. The minimum Gasteiger partial charge on any atom is -0.309 e. The average molecular weight is 487 g/mol.